The predicted molar refractivity (Wildman–Crippen MR) is 109 cm³/mol. The highest BCUT2D eigenvalue weighted by atomic mass is 15.3. The molecule has 4 rings (SSSR count). The van der Waals surface area contributed by atoms with Crippen molar-refractivity contribution in [3.05, 3.63) is 42.0 Å². The average molecular weight is 367 g/mol. The van der Waals surface area contributed by atoms with E-state index in [0.717, 1.165) is 68.3 Å². The van der Waals surface area contributed by atoms with Gasteiger partial charge in [0.1, 0.15) is 17.5 Å². The lowest BCUT2D eigenvalue weighted by atomic mass is 9.97. The number of piperidine rings is 1. The monoisotopic (exact) mass is 366 g/mol. The largest absolute Gasteiger partial charge is 0.356 e. The van der Waals surface area contributed by atoms with Crippen LogP contribution in [-0.2, 0) is 0 Å². The molecule has 0 bridgehead atoms. The summed E-state index contributed by atoms with van der Waals surface area (Å²) in [7, 11) is 0. The molecular weight excluding hydrogens is 336 g/mol. The molecule has 0 aliphatic carbocycles. The quantitative estimate of drug-likeness (QED) is 0.829. The molecule has 4 heterocycles. The molecule has 1 atom stereocenters. The van der Waals surface area contributed by atoms with Crippen LogP contribution in [0.3, 0.4) is 0 Å². The summed E-state index contributed by atoms with van der Waals surface area (Å²) >= 11 is 0. The van der Waals surface area contributed by atoms with Gasteiger partial charge in [0.15, 0.2) is 0 Å². The first kappa shape index (κ1) is 18.2. The van der Waals surface area contributed by atoms with E-state index < -0.39 is 0 Å². The summed E-state index contributed by atoms with van der Waals surface area (Å²) in [6, 6.07) is 8.29. The van der Waals surface area contributed by atoms with Crippen LogP contribution in [0.15, 0.2) is 30.5 Å². The Labute approximate surface area is 162 Å². The molecule has 1 unspecified atom stereocenters. The molecule has 0 spiro atoms. The van der Waals surface area contributed by atoms with Crippen LogP contribution in [0.2, 0.25) is 0 Å². The average Bonchev–Trinajstić information content (AvgIpc) is 2.69. The van der Waals surface area contributed by atoms with Gasteiger partial charge in [0.05, 0.1) is 0 Å². The Balaban J connectivity index is 1.31. The predicted octanol–water partition coefficient (Wildman–Crippen LogP) is 2.53. The number of rotatable bonds is 4. The number of hydrogen-bond acceptors (Lipinski definition) is 6. The topological polar surface area (TPSA) is 48.4 Å². The summed E-state index contributed by atoms with van der Waals surface area (Å²) in [5.74, 6) is 3.80. The minimum Gasteiger partial charge on any atom is -0.356 e. The van der Waals surface area contributed by atoms with Crippen molar-refractivity contribution in [3.63, 3.8) is 0 Å². The van der Waals surface area contributed by atoms with Gasteiger partial charge in [-0.1, -0.05) is 6.07 Å². The molecule has 2 saturated heterocycles. The van der Waals surface area contributed by atoms with Gasteiger partial charge in [-0.3, -0.25) is 4.90 Å². The molecule has 0 N–H and O–H groups in total. The molecule has 2 aliphatic heterocycles. The molecule has 0 amide bonds. The van der Waals surface area contributed by atoms with Crippen LogP contribution in [0, 0.1) is 19.8 Å². The van der Waals surface area contributed by atoms with Gasteiger partial charge in [0, 0.05) is 63.8 Å². The third-order valence-corrected chi connectivity index (χ3v) is 5.66. The molecule has 6 heteroatoms. The van der Waals surface area contributed by atoms with Crippen LogP contribution in [-0.4, -0.2) is 65.7 Å². The van der Waals surface area contributed by atoms with E-state index in [0.29, 0.717) is 0 Å². The molecule has 0 saturated carbocycles. The van der Waals surface area contributed by atoms with E-state index >= 15 is 0 Å². The zero-order valence-electron chi connectivity index (χ0n) is 16.5. The fourth-order valence-corrected chi connectivity index (χ4v) is 4.35. The van der Waals surface area contributed by atoms with Gasteiger partial charge in [-0.25, -0.2) is 15.0 Å². The van der Waals surface area contributed by atoms with Crippen LogP contribution >= 0.6 is 0 Å². The molecule has 2 aromatic rings. The van der Waals surface area contributed by atoms with E-state index in [1.54, 1.807) is 0 Å². The van der Waals surface area contributed by atoms with Crippen LogP contribution in [0.4, 0.5) is 11.6 Å². The fraction of sp³-hybridized carbons (Fsp3) is 0.571. The van der Waals surface area contributed by atoms with Gasteiger partial charge >= 0.3 is 0 Å². The smallest absolute Gasteiger partial charge is 0.132 e. The van der Waals surface area contributed by atoms with Crippen molar-refractivity contribution < 1.29 is 0 Å². The number of aromatic nitrogens is 3. The lowest BCUT2D eigenvalue weighted by Crippen LogP contribution is -2.50. The van der Waals surface area contributed by atoms with Gasteiger partial charge in [0.25, 0.3) is 0 Å². The van der Waals surface area contributed by atoms with Gasteiger partial charge in [-0.15, -0.1) is 0 Å². The van der Waals surface area contributed by atoms with Crippen molar-refractivity contribution in [2.45, 2.75) is 26.7 Å². The molecule has 144 valence electrons. The number of piperazine rings is 1. The maximum Gasteiger partial charge on any atom is 0.132 e. The van der Waals surface area contributed by atoms with Crippen molar-refractivity contribution in [2.75, 3.05) is 55.6 Å². The molecule has 0 radical (unpaired) electrons. The van der Waals surface area contributed by atoms with Crippen LogP contribution < -0.4 is 9.80 Å². The maximum absolute atomic E-state index is 4.67. The summed E-state index contributed by atoms with van der Waals surface area (Å²) in [4.78, 5) is 21.1. The number of hydrogen-bond donors (Lipinski definition) is 0. The Morgan fingerprint density at radius 3 is 2.56 bits per heavy atom. The van der Waals surface area contributed by atoms with Gasteiger partial charge in [-0.2, -0.15) is 0 Å². The summed E-state index contributed by atoms with van der Waals surface area (Å²) in [5.41, 5.74) is 1.06. The summed E-state index contributed by atoms with van der Waals surface area (Å²) in [5, 5.41) is 0. The number of pyridine rings is 1. The van der Waals surface area contributed by atoms with E-state index in [2.05, 4.69) is 54.8 Å². The first-order valence-electron chi connectivity index (χ1n) is 10.1. The minimum absolute atomic E-state index is 0.718. The van der Waals surface area contributed by atoms with E-state index in [9.17, 15) is 0 Å². The SMILES string of the molecule is Cc1cc(N2CCCC(CN3CCN(c4ccccn4)CC3)C2)nc(C)n1. The molecule has 6 nitrogen and oxygen atoms in total. The number of anilines is 2. The van der Waals surface area contributed by atoms with E-state index in [1.807, 2.05) is 19.2 Å². The van der Waals surface area contributed by atoms with E-state index in [-0.39, 0.29) is 0 Å². The second-order valence-electron chi connectivity index (χ2n) is 7.84. The molecular formula is C21H30N6. The van der Waals surface area contributed by atoms with Gasteiger partial charge in [-0.05, 0) is 44.7 Å². The molecule has 27 heavy (non-hydrogen) atoms. The first-order valence-corrected chi connectivity index (χ1v) is 10.1. The van der Waals surface area contributed by atoms with Gasteiger partial charge < -0.3 is 9.80 Å². The van der Waals surface area contributed by atoms with Crippen molar-refractivity contribution in [1.82, 2.24) is 19.9 Å². The lowest BCUT2D eigenvalue weighted by Gasteiger charge is -2.40. The van der Waals surface area contributed by atoms with Crippen LogP contribution in [0.5, 0.6) is 0 Å². The highest BCUT2D eigenvalue weighted by Crippen LogP contribution is 2.23. The molecule has 2 fully saturated rings. The highest BCUT2D eigenvalue weighted by molar-refractivity contribution is 5.40. The Morgan fingerprint density at radius 2 is 1.81 bits per heavy atom. The minimum atomic E-state index is 0.718. The Bertz CT molecular complexity index is 721. The van der Waals surface area contributed by atoms with Crippen molar-refractivity contribution in [1.29, 1.82) is 0 Å². The molecule has 0 aromatic carbocycles. The normalized spacial score (nSPS) is 21.5. The summed E-state index contributed by atoms with van der Waals surface area (Å²) in [6.45, 7) is 11.8. The Hall–Kier alpha value is -2.21. The van der Waals surface area contributed by atoms with Crippen molar-refractivity contribution in [3.8, 4) is 0 Å². The Kier molecular flexibility index (Phi) is 5.53. The van der Waals surface area contributed by atoms with Crippen LogP contribution in [0.1, 0.15) is 24.4 Å². The third kappa shape index (κ3) is 4.56. The highest BCUT2D eigenvalue weighted by Gasteiger charge is 2.25. The number of nitrogens with zero attached hydrogens (tertiary/aromatic N) is 6. The second-order valence-corrected chi connectivity index (χ2v) is 7.84. The Morgan fingerprint density at radius 1 is 0.963 bits per heavy atom. The fourth-order valence-electron chi connectivity index (χ4n) is 4.35. The molecule has 2 aromatic heterocycles. The maximum atomic E-state index is 4.67. The van der Waals surface area contributed by atoms with Crippen molar-refractivity contribution in [2.24, 2.45) is 5.92 Å². The van der Waals surface area contributed by atoms with Gasteiger partial charge in [0.2, 0.25) is 0 Å². The standard InChI is InChI=1S/C21H30N6/c1-17-14-21(24-18(2)23-17)27-9-5-6-19(16-27)15-25-10-12-26(13-11-25)20-7-3-4-8-22-20/h3-4,7-8,14,19H,5-6,9-13,15-16H2,1-2H3. The lowest BCUT2D eigenvalue weighted by molar-refractivity contribution is 0.205. The number of aryl methyl sites for hydroxylation is 2. The zero-order chi connectivity index (χ0) is 18.6. The van der Waals surface area contributed by atoms with E-state index in [1.165, 1.54) is 19.4 Å². The van der Waals surface area contributed by atoms with E-state index in [4.69, 9.17) is 0 Å². The third-order valence-electron chi connectivity index (χ3n) is 5.66. The second kappa shape index (κ2) is 8.21. The summed E-state index contributed by atoms with van der Waals surface area (Å²) < 4.78 is 0. The summed E-state index contributed by atoms with van der Waals surface area (Å²) in [6.07, 6.45) is 4.45. The van der Waals surface area contributed by atoms with Crippen LogP contribution in [0.25, 0.3) is 0 Å². The molecule has 2 aliphatic rings. The first-order chi connectivity index (χ1) is 13.2. The zero-order valence-corrected chi connectivity index (χ0v) is 16.5. The van der Waals surface area contributed by atoms with Crippen molar-refractivity contribution >= 4 is 11.6 Å².